The molecule has 3 atom stereocenters. The molecule has 3 heteroatoms. The predicted molar refractivity (Wildman–Crippen MR) is 90.7 cm³/mol. The number of benzene rings is 1. The van der Waals surface area contributed by atoms with Crippen LogP contribution < -0.4 is 10.1 Å². The molecule has 21 heavy (non-hydrogen) atoms. The number of fused-ring (bicyclic) bond motifs is 1. The number of rotatable bonds is 7. The highest BCUT2D eigenvalue weighted by molar-refractivity contribution is 9.10. The van der Waals surface area contributed by atoms with Crippen LogP contribution in [0.25, 0.3) is 0 Å². The molecule has 2 fully saturated rings. The number of nitrogens with one attached hydrogen (secondary N) is 1. The second kappa shape index (κ2) is 6.70. The second-order valence-corrected chi connectivity index (χ2v) is 7.24. The molecule has 0 aromatic heterocycles. The minimum atomic E-state index is 0.505. The standard InChI is InChI=1S/C18H26BrNO/c1-3-10-20-18(17-13-6-5-7-14(13)17)15-9-8-12(21-4-2)11-16(15)19/h8-9,11,13-14,17-18,20H,3-7,10H2,1-2H3. The van der Waals surface area contributed by atoms with Gasteiger partial charge in [0.15, 0.2) is 0 Å². The summed E-state index contributed by atoms with van der Waals surface area (Å²) in [5, 5.41) is 3.80. The fraction of sp³-hybridized carbons (Fsp3) is 0.667. The Kier molecular flexibility index (Phi) is 4.90. The Bertz CT molecular complexity index is 480. The van der Waals surface area contributed by atoms with Gasteiger partial charge in [-0.1, -0.05) is 35.3 Å². The predicted octanol–water partition coefficient (Wildman–Crippen LogP) is 4.93. The number of hydrogen-bond donors (Lipinski definition) is 1. The lowest BCUT2D eigenvalue weighted by Crippen LogP contribution is -2.25. The van der Waals surface area contributed by atoms with Crippen LogP contribution in [0.2, 0.25) is 0 Å². The van der Waals surface area contributed by atoms with E-state index in [1.807, 2.05) is 6.92 Å². The summed E-state index contributed by atoms with van der Waals surface area (Å²) in [7, 11) is 0. The van der Waals surface area contributed by atoms with E-state index in [1.165, 1.54) is 35.7 Å². The van der Waals surface area contributed by atoms with Crippen LogP contribution in [0.15, 0.2) is 22.7 Å². The third kappa shape index (κ3) is 3.14. The van der Waals surface area contributed by atoms with Crippen LogP contribution in [0.4, 0.5) is 0 Å². The smallest absolute Gasteiger partial charge is 0.120 e. The molecule has 1 aromatic rings. The molecule has 116 valence electrons. The SMILES string of the molecule is CCCNC(c1ccc(OCC)cc1Br)C1C2CCCC21. The second-order valence-electron chi connectivity index (χ2n) is 6.38. The molecule has 2 aliphatic carbocycles. The first-order chi connectivity index (χ1) is 10.3. The van der Waals surface area contributed by atoms with Crippen molar-refractivity contribution in [1.82, 2.24) is 5.32 Å². The fourth-order valence-corrected chi connectivity index (χ4v) is 4.75. The molecule has 2 saturated carbocycles. The van der Waals surface area contributed by atoms with Gasteiger partial charge in [0.25, 0.3) is 0 Å². The van der Waals surface area contributed by atoms with Gasteiger partial charge in [-0.05, 0) is 68.2 Å². The van der Waals surface area contributed by atoms with Crippen molar-refractivity contribution in [2.24, 2.45) is 17.8 Å². The first kappa shape index (κ1) is 15.4. The van der Waals surface area contributed by atoms with Crippen LogP contribution in [-0.4, -0.2) is 13.2 Å². The topological polar surface area (TPSA) is 21.3 Å². The van der Waals surface area contributed by atoms with Gasteiger partial charge in [0, 0.05) is 10.5 Å². The van der Waals surface area contributed by atoms with Gasteiger partial charge in [0.2, 0.25) is 0 Å². The van der Waals surface area contributed by atoms with Crippen LogP contribution in [0.1, 0.15) is 51.1 Å². The van der Waals surface area contributed by atoms with E-state index in [4.69, 9.17) is 4.74 Å². The lowest BCUT2D eigenvalue weighted by Gasteiger charge is -2.22. The van der Waals surface area contributed by atoms with Gasteiger partial charge < -0.3 is 10.1 Å². The van der Waals surface area contributed by atoms with Crippen molar-refractivity contribution < 1.29 is 4.74 Å². The molecule has 0 heterocycles. The summed E-state index contributed by atoms with van der Waals surface area (Å²) in [5.74, 6) is 3.74. The molecular formula is C18H26BrNO. The van der Waals surface area contributed by atoms with Crippen molar-refractivity contribution in [2.75, 3.05) is 13.2 Å². The van der Waals surface area contributed by atoms with E-state index in [1.54, 1.807) is 0 Å². The minimum Gasteiger partial charge on any atom is -0.494 e. The van der Waals surface area contributed by atoms with Crippen molar-refractivity contribution in [3.63, 3.8) is 0 Å². The Morgan fingerprint density at radius 3 is 2.67 bits per heavy atom. The normalized spacial score (nSPS) is 28.2. The Morgan fingerprint density at radius 1 is 1.29 bits per heavy atom. The van der Waals surface area contributed by atoms with Gasteiger partial charge in [-0.15, -0.1) is 0 Å². The van der Waals surface area contributed by atoms with Gasteiger partial charge in [-0.2, -0.15) is 0 Å². The third-order valence-corrected chi connectivity index (χ3v) is 5.78. The fourth-order valence-electron chi connectivity index (χ4n) is 4.14. The summed E-state index contributed by atoms with van der Waals surface area (Å²) in [6, 6.07) is 6.99. The number of hydrogen-bond acceptors (Lipinski definition) is 2. The summed E-state index contributed by atoms with van der Waals surface area (Å²) in [6.07, 6.45) is 5.51. The Balaban J connectivity index is 1.79. The van der Waals surface area contributed by atoms with E-state index in [0.29, 0.717) is 6.04 Å². The lowest BCUT2D eigenvalue weighted by molar-refractivity contribution is 0.339. The molecule has 0 amide bonds. The van der Waals surface area contributed by atoms with Crippen LogP contribution in [0, 0.1) is 17.8 Å². The molecule has 3 rings (SSSR count). The van der Waals surface area contributed by atoms with Crippen molar-refractivity contribution >= 4 is 15.9 Å². The molecule has 2 aliphatic rings. The summed E-state index contributed by atoms with van der Waals surface area (Å²) in [4.78, 5) is 0. The maximum atomic E-state index is 5.60. The molecule has 2 nitrogen and oxygen atoms in total. The zero-order valence-corrected chi connectivity index (χ0v) is 14.7. The molecular weight excluding hydrogens is 326 g/mol. The Hall–Kier alpha value is -0.540. The highest BCUT2D eigenvalue weighted by Crippen LogP contribution is 2.62. The van der Waals surface area contributed by atoms with Crippen molar-refractivity contribution in [3.05, 3.63) is 28.2 Å². The maximum Gasteiger partial charge on any atom is 0.120 e. The van der Waals surface area contributed by atoms with Gasteiger partial charge >= 0.3 is 0 Å². The lowest BCUT2D eigenvalue weighted by atomic mass is 9.96. The summed E-state index contributed by atoms with van der Waals surface area (Å²) < 4.78 is 6.79. The summed E-state index contributed by atoms with van der Waals surface area (Å²) in [6.45, 7) is 6.08. The van der Waals surface area contributed by atoms with E-state index >= 15 is 0 Å². The molecule has 0 bridgehead atoms. The van der Waals surface area contributed by atoms with Crippen molar-refractivity contribution in [3.8, 4) is 5.75 Å². The summed E-state index contributed by atoms with van der Waals surface area (Å²) in [5.41, 5.74) is 1.41. The Labute approximate surface area is 136 Å². The maximum absolute atomic E-state index is 5.60. The van der Waals surface area contributed by atoms with E-state index in [9.17, 15) is 0 Å². The van der Waals surface area contributed by atoms with Crippen LogP contribution in [0.5, 0.6) is 5.75 Å². The van der Waals surface area contributed by atoms with Gasteiger partial charge in [-0.3, -0.25) is 0 Å². The van der Waals surface area contributed by atoms with Gasteiger partial charge in [0.05, 0.1) is 6.61 Å². The largest absolute Gasteiger partial charge is 0.494 e. The highest BCUT2D eigenvalue weighted by atomic mass is 79.9. The zero-order valence-electron chi connectivity index (χ0n) is 13.1. The molecule has 1 N–H and O–H groups in total. The van der Waals surface area contributed by atoms with Crippen LogP contribution >= 0.6 is 15.9 Å². The van der Waals surface area contributed by atoms with Crippen LogP contribution in [-0.2, 0) is 0 Å². The zero-order chi connectivity index (χ0) is 14.8. The third-order valence-electron chi connectivity index (χ3n) is 5.09. The number of ether oxygens (including phenoxy) is 1. The van der Waals surface area contributed by atoms with Gasteiger partial charge in [-0.25, -0.2) is 0 Å². The molecule has 1 aromatic carbocycles. The first-order valence-corrected chi connectivity index (χ1v) is 9.21. The molecule has 0 aliphatic heterocycles. The van der Waals surface area contributed by atoms with E-state index < -0.39 is 0 Å². The molecule has 3 unspecified atom stereocenters. The van der Waals surface area contributed by atoms with E-state index in [0.717, 1.165) is 36.7 Å². The van der Waals surface area contributed by atoms with Crippen LogP contribution in [0.3, 0.4) is 0 Å². The first-order valence-electron chi connectivity index (χ1n) is 8.41. The van der Waals surface area contributed by atoms with Crippen molar-refractivity contribution in [2.45, 2.75) is 45.6 Å². The average molecular weight is 352 g/mol. The van der Waals surface area contributed by atoms with E-state index in [-0.39, 0.29) is 0 Å². The average Bonchev–Trinajstić information content (AvgIpc) is 2.93. The highest BCUT2D eigenvalue weighted by Gasteiger charge is 2.56. The van der Waals surface area contributed by atoms with Gasteiger partial charge in [0.1, 0.15) is 5.75 Å². The minimum absolute atomic E-state index is 0.505. The monoisotopic (exact) mass is 351 g/mol. The summed E-state index contributed by atoms with van der Waals surface area (Å²) >= 11 is 3.77. The molecule has 0 spiro atoms. The molecule has 0 radical (unpaired) electrons. The Morgan fingerprint density at radius 2 is 2.05 bits per heavy atom. The molecule has 0 saturated heterocycles. The quantitative estimate of drug-likeness (QED) is 0.751. The van der Waals surface area contributed by atoms with E-state index in [2.05, 4.69) is 46.4 Å². The van der Waals surface area contributed by atoms with Crippen molar-refractivity contribution in [1.29, 1.82) is 0 Å². The number of halogens is 1.